The maximum absolute atomic E-state index is 14.1. The fourth-order valence-corrected chi connectivity index (χ4v) is 8.15. The zero-order valence-electron chi connectivity index (χ0n) is 25.3. The highest BCUT2D eigenvalue weighted by molar-refractivity contribution is 5.85. The van der Waals surface area contributed by atoms with E-state index in [2.05, 4.69) is 26.5 Å². The third-order valence-corrected chi connectivity index (χ3v) is 10.7. The van der Waals surface area contributed by atoms with Gasteiger partial charge in [-0.15, -0.1) is 0 Å². The van der Waals surface area contributed by atoms with Crippen molar-refractivity contribution < 1.29 is 41.7 Å². The van der Waals surface area contributed by atoms with Crippen LogP contribution in [0.5, 0.6) is 0 Å². The van der Waals surface area contributed by atoms with Gasteiger partial charge in [-0.1, -0.05) is 38.2 Å². The molecule has 44 heavy (non-hydrogen) atoms. The molecule has 0 unspecified atom stereocenters. The van der Waals surface area contributed by atoms with Gasteiger partial charge in [-0.2, -0.15) is 0 Å². The molecule has 4 saturated carbocycles. The van der Waals surface area contributed by atoms with Crippen molar-refractivity contribution in [3.63, 3.8) is 0 Å². The number of ether oxygens (including phenoxy) is 1. The van der Waals surface area contributed by atoms with E-state index in [-0.39, 0.29) is 11.3 Å². The predicted octanol–water partition coefficient (Wildman–Crippen LogP) is 8.27. The standard InChI is InChI=1S/C34H42F5NO4/c1-17(6-13-26(20-8-9-20)44-33(43)40-32-30(38)28(36)27(35)29(37)31(32)39)23-11-12-24-19(5-4-14-34(23,24)3)7-10-21-15-22(41)16-25(42)18(21)2/h7,10,17,20,22-26,41-42H,2,4-6,8-9,11-16H2,1,3H3,(H,40,43)/b19-7+,21-10-/t17-,22-,23-,24+,25+,26-,34-/m1/s1. The summed E-state index contributed by atoms with van der Waals surface area (Å²) in [6, 6.07) is 0. The van der Waals surface area contributed by atoms with E-state index in [0.29, 0.717) is 42.6 Å². The van der Waals surface area contributed by atoms with Gasteiger partial charge in [-0.25, -0.2) is 26.7 Å². The molecule has 7 atom stereocenters. The number of fused-ring (bicyclic) bond motifs is 1. The summed E-state index contributed by atoms with van der Waals surface area (Å²) in [6.07, 6.45) is 10.3. The topological polar surface area (TPSA) is 78.8 Å². The Balaban J connectivity index is 1.21. The van der Waals surface area contributed by atoms with Crippen molar-refractivity contribution in [2.45, 2.75) is 103 Å². The smallest absolute Gasteiger partial charge is 0.412 e. The summed E-state index contributed by atoms with van der Waals surface area (Å²) in [6.45, 7) is 8.61. The number of aliphatic hydroxyl groups is 2. The van der Waals surface area contributed by atoms with Crippen LogP contribution in [0, 0.1) is 58.2 Å². The zero-order valence-corrected chi connectivity index (χ0v) is 25.3. The van der Waals surface area contributed by atoms with Crippen molar-refractivity contribution in [2.75, 3.05) is 5.32 Å². The Labute approximate surface area is 255 Å². The molecule has 0 aromatic heterocycles. The Bertz CT molecular complexity index is 1330. The molecule has 0 heterocycles. The van der Waals surface area contributed by atoms with Crippen molar-refractivity contribution in [3.05, 3.63) is 64.5 Å². The minimum atomic E-state index is -2.29. The Kier molecular flexibility index (Phi) is 9.61. The van der Waals surface area contributed by atoms with Gasteiger partial charge in [0.1, 0.15) is 11.8 Å². The van der Waals surface area contributed by atoms with Gasteiger partial charge in [-0.05, 0) is 104 Å². The van der Waals surface area contributed by atoms with Crippen LogP contribution in [0.25, 0.3) is 0 Å². The minimum Gasteiger partial charge on any atom is -0.446 e. The van der Waals surface area contributed by atoms with Crippen LogP contribution in [0.2, 0.25) is 0 Å². The first kappa shape index (κ1) is 32.7. The summed E-state index contributed by atoms with van der Waals surface area (Å²) in [5.74, 6) is -9.51. The number of aliphatic hydroxyl groups excluding tert-OH is 2. The van der Waals surface area contributed by atoms with Crippen LogP contribution in [0.3, 0.4) is 0 Å². The first-order valence-electron chi connectivity index (χ1n) is 15.8. The molecule has 0 bridgehead atoms. The monoisotopic (exact) mass is 623 g/mol. The van der Waals surface area contributed by atoms with E-state index in [9.17, 15) is 37.0 Å². The molecular weight excluding hydrogens is 581 g/mol. The molecule has 0 saturated heterocycles. The van der Waals surface area contributed by atoms with E-state index in [1.807, 2.05) is 6.08 Å². The maximum Gasteiger partial charge on any atom is 0.412 e. The lowest BCUT2D eigenvalue weighted by atomic mass is 9.60. The van der Waals surface area contributed by atoms with E-state index >= 15 is 0 Å². The van der Waals surface area contributed by atoms with Crippen molar-refractivity contribution in [1.82, 2.24) is 0 Å². The molecule has 242 valence electrons. The minimum absolute atomic E-state index is 0.0973. The lowest BCUT2D eigenvalue weighted by molar-refractivity contribution is 0.0665. The quantitative estimate of drug-likeness (QED) is 0.155. The number of halogens is 5. The number of carbonyl (C=O) groups is 1. The number of rotatable bonds is 8. The molecule has 10 heteroatoms. The van der Waals surface area contributed by atoms with Crippen molar-refractivity contribution >= 4 is 11.8 Å². The highest BCUT2D eigenvalue weighted by Crippen LogP contribution is 2.60. The number of nitrogens with one attached hydrogen (secondary N) is 1. The van der Waals surface area contributed by atoms with Crippen LogP contribution >= 0.6 is 0 Å². The number of anilines is 1. The largest absolute Gasteiger partial charge is 0.446 e. The molecule has 0 radical (unpaired) electrons. The van der Waals surface area contributed by atoms with Crippen LogP contribution in [-0.4, -0.2) is 34.6 Å². The van der Waals surface area contributed by atoms with Gasteiger partial charge in [0.05, 0.1) is 12.2 Å². The Hall–Kier alpha value is -2.72. The van der Waals surface area contributed by atoms with Gasteiger partial charge >= 0.3 is 6.09 Å². The number of carbonyl (C=O) groups excluding carboxylic acids is 1. The zero-order chi connectivity index (χ0) is 31.9. The molecule has 4 aliphatic rings. The first-order valence-corrected chi connectivity index (χ1v) is 15.8. The molecule has 4 aliphatic carbocycles. The highest BCUT2D eigenvalue weighted by atomic mass is 19.2. The second-order valence-corrected chi connectivity index (χ2v) is 13.6. The molecule has 1 aromatic rings. The van der Waals surface area contributed by atoms with Crippen molar-refractivity contribution in [1.29, 1.82) is 0 Å². The van der Waals surface area contributed by atoms with Gasteiger partial charge in [0.25, 0.3) is 0 Å². The van der Waals surface area contributed by atoms with Gasteiger partial charge in [0.15, 0.2) is 23.3 Å². The van der Waals surface area contributed by atoms with E-state index in [4.69, 9.17) is 4.74 Å². The lowest BCUT2D eigenvalue weighted by Gasteiger charge is -2.44. The third-order valence-electron chi connectivity index (χ3n) is 10.7. The first-order chi connectivity index (χ1) is 20.8. The van der Waals surface area contributed by atoms with Crippen molar-refractivity contribution in [2.24, 2.45) is 29.1 Å². The molecule has 3 N–H and O–H groups in total. The van der Waals surface area contributed by atoms with Gasteiger partial charge < -0.3 is 14.9 Å². The third kappa shape index (κ3) is 6.48. The van der Waals surface area contributed by atoms with Gasteiger partial charge in [-0.3, -0.25) is 5.32 Å². The van der Waals surface area contributed by atoms with E-state index in [0.717, 1.165) is 56.9 Å². The number of hydrogen-bond acceptors (Lipinski definition) is 4. The van der Waals surface area contributed by atoms with E-state index < -0.39 is 59.2 Å². The summed E-state index contributed by atoms with van der Waals surface area (Å²) < 4.78 is 74.2. The summed E-state index contributed by atoms with van der Waals surface area (Å²) in [5, 5.41) is 22.1. The number of benzene rings is 1. The molecule has 4 fully saturated rings. The molecule has 0 aliphatic heterocycles. The molecule has 1 amide bonds. The maximum atomic E-state index is 14.1. The molecule has 0 spiro atoms. The fourth-order valence-electron chi connectivity index (χ4n) is 8.15. The fraction of sp³-hybridized carbons (Fsp3) is 0.618. The molecule has 5 rings (SSSR count). The molecule has 5 nitrogen and oxygen atoms in total. The number of hydrogen-bond donors (Lipinski definition) is 3. The lowest BCUT2D eigenvalue weighted by Crippen LogP contribution is -2.36. The predicted molar refractivity (Wildman–Crippen MR) is 156 cm³/mol. The van der Waals surface area contributed by atoms with Crippen LogP contribution in [0.4, 0.5) is 32.4 Å². The SMILES string of the molecule is C=C1/C(=C\C=C2/CCC[C@]3(C)[C@@H]([C@H](C)CC[C@@H](OC(=O)Nc4c(F)c(F)c(F)c(F)c4F)C4CC4)CC[C@@H]23)C[C@@H](O)C[C@@H]1O. The van der Waals surface area contributed by atoms with Crippen LogP contribution in [0.1, 0.15) is 84.5 Å². The average Bonchev–Trinajstić information content (AvgIpc) is 3.77. The van der Waals surface area contributed by atoms with Gasteiger partial charge in [0, 0.05) is 6.42 Å². The van der Waals surface area contributed by atoms with Crippen LogP contribution < -0.4 is 5.32 Å². The van der Waals surface area contributed by atoms with Crippen molar-refractivity contribution in [3.8, 4) is 0 Å². The normalized spacial score (nSPS) is 32.1. The molecular formula is C34H42F5NO4. The van der Waals surface area contributed by atoms with Crippen LogP contribution in [0.15, 0.2) is 35.5 Å². The second kappa shape index (κ2) is 12.9. The Morgan fingerprint density at radius 2 is 1.68 bits per heavy atom. The summed E-state index contributed by atoms with van der Waals surface area (Å²) in [4.78, 5) is 12.5. The van der Waals surface area contributed by atoms with Crippen LogP contribution in [-0.2, 0) is 4.74 Å². The van der Waals surface area contributed by atoms with Gasteiger partial charge in [0.2, 0.25) is 5.82 Å². The number of allylic oxidation sites excluding steroid dienone is 3. The summed E-state index contributed by atoms with van der Waals surface area (Å²) in [5.41, 5.74) is 1.65. The van der Waals surface area contributed by atoms with E-state index in [1.54, 1.807) is 5.32 Å². The highest BCUT2D eigenvalue weighted by Gasteiger charge is 2.50. The summed E-state index contributed by atoms with van der Waals surface area (Å²) >= 11 is 0. The summed E-state index contributed by atoms with van der Waals surface area (Å²) in [7, 11) is 0. The number of amides is 1. The average molecular weight is 624 g/mol. The molecule has 1 aromatic carbocycles. The second-order valence-electron chi connectivity index (χ2n) is 13.6. The Morgan fingerprint density at radius 3 is 2.34 bits per heavy atom. The Morgan fingerprint density at radius 1 is 1.02 bits per heavy atom. The van der Waals surface area contributed by atoms with E-state index in [1.165, 1.54) is 5.57 Å².